The smallest absolute Gasteiger partial charge is 0.260 e. The topological polar surface area (TPSA) is 97.2 Å². The Morgan fingerprint density at radius 1 is 1.29 bits per heavy atom. The highest BCUT2D eigenvalue weighted by Gasteiger charge is 2.20. The van der Waals surface area contributed by atoms with Gasteiger partial charge in [-0.1, -0.05) is 6.92 Å². The van der Waals surface area contributed by atoms with Crippen LogP contribution in [0.1, 0.15) is 30.6 Å². The van der Waals surface area contributed by atoms with Gasteiger partial charge in [0.1, 0.15) is 11.6 Å². The number of hydrogen-bond donors (Lipinski definition) is 2. The Hall–Kier alpha value is -2.91. The Bertz CT molecular complexity index is 1040. The van der Waals surface area contributed by atoms with E-state index >= 15 is 0 Å². The lowest BCUT2D eigenvalue weighted by molar-refractivity contribution is 0.102. The van der Waals surface area contributed by atoms with Gasteiger partial charge >= 0.3 is 0 Å². The Labute approximate surface area is 187 Å². The van der Waals surface area contributed by atoms with Crippen molar-refractivity contribution in [2.24, 2.45) is 7.05 Å². The number of benzene rings is 1. The second-order valence-electron chi connectivity index (χ2n) is 7.36. The van der Waals surface area contributed by atoms with E-state index in [1.54, 1.807) is 29.2 Å². The SMILES string of the molecule is CCOc1cc2nn(C)cc2cc1C(=O)Nc1cnc(N2CCN[C@@H](CC)C2)cn1.Cl. The summed E-state index contributed by atoms with van der Waals surface area (Å²) in [5.41, 5.74) is 1.22. The van der Waals surface area contributed by atoms with Crippen LogP contribution < -0.4 is 20.3 Å². The Morgan fingerprint density at radius 2 is 2.13 bits per heavy atom. The highest BCUT2D eigenvalue weighted by molar-refractivity contribution is 6.08. The summed E-state index contributed by atoms with van der Waals surface area (Å²) in [7, 11) is 1.85. The summed E-state index contributed by atoms with van der Waals surface area (Å²) in [6, 6.07) is 4.03. The van der Waals surface area contributed by atoms with Crippen LogP contribution in [-0.4, -0.2) is 57.9 Å². The van der Waals surface area contributed by atoms with Crippen molar-refractivity contribution in [1.82, 2.24) is 25.1 Å². The summed E-state index contributed by atoms with van der Waals surface area (Å²) < 4.78 is 7.39. The van der Waals surface area contributed by atoms with E-state index in [0.29, 0.717) is 29.8 Å². The van der Waals surface area contributed by atoms with Gasteiger partial charge in [-0.3, -0.25) is 9.48 Å². The molecule has 0 unspecified atom stereocenters. The fourth-order valence-corrected chi connectivity index (χ4v) is 3.67. The lowest BCUT2D eigenvalue weighted by Crippen LogP contribution is -2.50. The van der Waals surface area contributed by atoms with Crippen molar-refractivity contribution < 1.29 is 9.53 Å². The van der Waals surface area contributed by atoms with Crippen LogP contribution in [0.4, 0.5) is 11.6 Å². The van der Waals surface area contributed by atoms with E-state index in [1.165, 1.54) is 0 Å². The van der Waals surface area contributed by atoms with Crippen LogP contribution >= 0.6 is 12.4 Å². The molecule has 1 aliphatic heterocycles. The molecule has 166 valence electrons. The molecule has 3 heterocycles. The minimum absolute atomic E-state index is 0. The molecular weight excluding hydrogens is 418 g/mol. The maximum absolute atomic E-state index is 12.9. The number of nitrogens with zero attached hydrogens (tertiary/aromatic N) is 5. The first kappa shape index (κ1) is 22.8. The number of carbonyl (C=O) groups is 1. The zero-order valence-electron chi connectivity index (χ0n) is 18.0. The molecule has 0 saturated carbocycles. The monoisotopic (exact) mass is 445 g/mol. The second kappa shape index (κ2) is 9.93. The number of aromatic nitrogens is 4. The summed E-state index contributed by atoms with van der Waals surface area (Å²) >= 11 is 0. The van der Waals surface area contributed by atoms with Crippen LogP contribution in [-0.2, 0) is 7.05 Å². The molecule has 1 saturated heterocycles. The number of nitrogens with one attached hydrogen (secondary N) is 2. The van der Waals surface area contributed by atoms with Gasteiger partial charge in [-0.2, -0.15) is 5.10 Å². The molecular formula is C21H28ClN7O2. The number of hydrogen-bond acceptors (Lipinski definition) is 7. The number of piperazine rings is 1. The molecule has 2 N–H and O–H groups in total. The summed E-state index contributed by atoms with van der Waals surface area (Å²) in [5.74, 6) is 1.43. The third-order valence-corrected chi connectivity index (χ3v) is 5.22. The van der Waals surface area contributed by atoms with E-state index in [2.05, 4.69) is 37.5 Å². The maximum Gasteiger partial charge on any atom is 0.260 e. The fraction of sp³-hybridized carbons (Fsp3) is 0.429. The van der Waals surface area contributed by atoms with Gasteiger partial charge in [0.2, 0.25) is 0 Å². The van der Waals surface area contributed by atoms with Crippen LogP contribution in [0.25, 0.3) is 10.9 Å². The van der Waals surface area contributed by atoms with Gasteiger partial charge in [-0.05, 0) is 19.4 Å². The highest BCUT2D eigenvalue weighted by Crippen LogP contribution is 2.26. The van der Waals surface area contributed by atoms with Gasteiger partial charge in [0.25, 0.3) is 5.91 Å². The number of ether oxygens (including phenoxy) is 1. The van der Waals surface area contributed by atoms with Crippen molar-refractivity contribution in [3.63, 3.8) is 0 Å². The quantitative estimate of drug-likeness (QED) is 0.601. The van der Waals surface area contributed by atoms with E-state index in [1.807, 2.05) is 20.2 Å². The van der Waals surface area contributed by atoms with Gasteiger partial charge in [0.05, 0.1) is 30.1 Å². The number of fused-ring (bicyclic) bond motifs is 1. The Morgan fingerprint density at radius 3 is 2.84 bits per heavy atom. The summed E-state index contributed by atoms with van der Waals surface area (Å²) in [6.45, 7) is 7.23. The molecule has 2 aromatic heterocycles. The van der Waals surface area contributed by atoms with Crippen molar-refractivity contribution in [3.05, 3.63) is 36.3 Å². The van der Waals surface area contributed by atoms with Crippen molar-refractivity contribution in [2.45, 2.75) is 26.3 Å². The van der Waals surface area contributed by atoms with Crippen LogP contribution in [0.5, 0.6) is 5.75 Å². The number of halogens is 1. The average Bonchev–Trinajstić information content (AvgIpc) is 3.13. The summed E-state index contributed by atoms with van der Waals surface area (Å²) in [5, 5.41) is 11.6. The predicted octanol–water partition coefficient (Wildman–Crippen LogP) is 2.62. The lowest BCUT2D eigenvalue weighted by atomic mass is 10.1. The fourth-order valence-electron chi connectivity index (χ4n) is 3.67. The molecule has 9 nitrogen and oxygen atoms in total. The first-order valence-corrected chi connectivity index (χ1v) is 10.3. The zero-order valence-corrected chi connectivity index (χ0v) is 18.8. The van der Waals surface area contributed by atoms with E-state index in [0.717, 1.165) is 42.8 Å². The molecule has 1 fully saturated rings. The molecule has 1 amide bonds. The first-order valence-electron chi connectivity index (χ1n) is 10.3. The zero-order chi connectivity index (χ0) is 21.1. The molecule has 3 aromatic rings. The van der Waals surface area contributed by atoms with Crippen molar-refractivity contribution in [2.75, 3.05) is 36.5 Å². The van der Waals surface area contributed by atoms with Gasteiger partial charge < -0.3 is 20.3 Å². The Balaban J connectivity index is 0.00000272. The third-order valence-electron chi connectivity index (χ3n) is 5.22. The average molecular weight is 446 g/mol. The van der Waals surface area contributed by atoms with Crippen LogP contribution in [0.2, 0.25) is 0 Å². The van der Waals surface area contributed by atoms with E-state index in [9.17, 15) is 4.79 Å². The largest absolute Gasteiger partial charge is 0.493 e. The van der Waals surface area contributed by atoms with Crippen LogP contribution in [0.15, 0.2) is 30.7 Å². The molecule has 0 bridgehead atoms. The van der Waals surface area contributed by atoms with Crippen molar-refractivity contribution in [1.29, 1.82) is 0 Å². The van der Waals surface area contributed by atoms with E-state index < -0.39 is 0 Å². The van der Waals surface area contributed by atoms with Crippen molar-refractivity contribution in [3.8, 4) is 5.75 Å². The predicted molar refractivity (Wildman–Crippen MR) is 123 cm³/mol. The number of rotatable bonds is 6. The molecule has 1 aliphatic rings. The van der Waals surface area contributed by atoms with Gasteiger partial charge in [-0.25, -0.2) is 9.97 Å². The van der Waals surface area contributed by atoms with Gasteiger partial charge in [0, 0.05) is 50.4 Å². The Kier molecular flexibility index (Phi) is 7.29. The number of amides is 1. The molecule has 0 aliphatic carbocycles. The minimum atomic E-state index is -0.292. The maximum atomic E-state index is 12.9. The minimum Gasteiger partial charge on any atom is -0.493 e. The second-order valence-corrected chi connectivity index (χ2v) is 7.36. The highest BCUT2D eigenvalue weighted by atomic mass is 35.5. The normalized spacial score (nSPS) is 16.1. The summed E-state index contributed by atoms with van der Waals surface area (Å²) in [6.07, 6.45) is 6.25. The molecule has 1 aromatic carbocycles. The molecule has 10 heteroatoms. The number of anilines is 2. The third kappa shape index (κ3) is 5.05. The molecule has 31 heavy (non-hydrogen) atoms. The number of aryl methyl sites for hydroxylation is 1. The van der Waals surface area contributed by atoms with Gasteiger partial charge in [0.15, 0.2) is 5.82 Å². The van der Waals surface area contributed by atoms with Gasteiger partial charge in [-0.15, -0.1) is 12.4 Å². The summed E-state index contributed by atoms with van der Waals surface area (Å²) in [4.78, 5) is 24.0. The molecule has 0 spiro atoms. The van der Waals surface area contributed by atoms with E-state index in [4.69, 9.17) is 4.74 Å². The van der Waals surface area contributed by atoms with E-state index in [-0.39, 0.29) is 18.3 Å². The molecule has 0 radical (unpaired) electrons. The molecule has 4 rings (SSSR count). The van der Waals surface area contributed by atoms with Crippen LogP contribution in [0.3, 0.4) is 0 Å². The lowest BCUT2D eigenvalue weighted by Gasteiger charge is -2.33. The molecule has 1 atom stereocenters. The standard InChI is InChI=1S/C21H27N7O2.ClH/c1-4-15-13-28(7-6-22-15)20-11-23-19(10-24-20)25-21(29)16-8-14-12-27(3)26-17(14)9-18(16)30-5-2;/h8-12,15,22H,4-7,13H2,1-3H3,(H,23,25,29);1H/t15-;/m0./s1. The first-order chi connectivity index (χ1) is 14.6. The number of carbonyl (C=O) groups excluding carboxylic acids is 1. The van der Waals surface area contributed by atoms with Crippen LogP contribution in [0, 0.1) is 0 Å². The van der Waals surface area contributed by atoms with Crippen molar-refractivity contribution >= 4 is 40.9 Å².